The third-order valence-electron chi connectivity index (χ3n) is 2.69. The molecule has 0 aliphatic rings. The van der Waals surface area contributed by atoms with Crippen LogP contribution in [0, 0.1) is 0 Å². The Kier molecular flexibility index (Phi) is 2.94. The summed E-state index contributed by atoms with van der Waals surface area (Å²) in [6.45, 7) is 0. The molecule has 2 aromatic carbocycles. The second-order valence-electron chi connectivity index (χ2n) is 3.87. The molecule has 0 aliphatic heterocycles. The summed E-state index contributed by atoms with van der Waals surface area (Å²) in [5.41, 5.74) is 3.08. The van der Waals surface area contributed by atoms with Gasteiger partial charge in [-0.1, -0.05) is 51.5 Å². The van der Waals surface area contributed by atoms with Gasteiger partial charge in [0.15, 0.2) is 0 Å². The van der Waals surface area contributed by atoms with Gasteiger partial charge < -0.3 is 0 Å². The van der Waals surface area contributed by atoms with Gasteiger partial charge in [0.25, 0.3) is 0 Å². The fourth-order valence-electron chi connectivity index (χ4n) is 1.81. The van der Waals surface area contributed by atoms with Crippen molar-refractivity contribution in [3.8, 4) is 16.9 Å². The Morgan fingerprint density at radius 3 is 2.33 bits per heavy atom. The van der Waals surface area contributed by atoms with E-state index in [1.165, 1.54) is 0 Å². The summed E-state index contributed by atoms with van der Waals surface area (Å²) < 4.78 is 2.88. The zero-order valence-corrected chi connectivity index (χ0v) is 11.1. The summed E-state index contributed by atoms with van der Waals surface area (Å²) in [6.07, 6.45) is 1.78. The van der Waals surface area contributed by atoms with Crippen LogP contribution < -0.4 is 0 Å². The van der Waals surface area contributed by atoms with E-state index >= 15 is 0 Å². The van der Waals surface area contributed by atoms with Crippen molar-refractivity contribution in [2.24, 2.45) is 0 Å². The van der Waals surface area contributed by atoms with Gasteiger partial charge in [0.2, 0.25) is 0 Å². The van der Waals surface area contributed by atoms with Crippen LogP contribution in [0.25, 0.3) is 16.9 Å². The number of aromatic nitrogens is 3. The van der Waals surface area contributed by atoms with E-state index in [2.05, 4.69) is 26.2 Å². The van der Waals surface area contributed by atoms with Crippen LogP contribution in [0.3, 0.4) is 0 Å². The van der Waals surface area contributed by atoms with Gasteiger partial charge in [-0.3, -0.25) is 0 Å². The number of hydrogen-bond acceptors (Lipinski definition) is 2. The van der Waals surface area contributed by atoms with Crippen molar-refractivity contribution in [1.29, 1.82) is 0 Å². The summed E-state index contributed by atoms with van der Waals surface area (Å²) in [5, 5.41) is 8.14. The SMILES string of the molecule is Brc1ccc(-n2nncc2-c2ccccc2)cc1. The molecule has 0 radical (unpaired) electrons. The number of rotatable bonds is 2. The van der Waals surface area contributed by atoms with E-state index < -0.39 is 0 Å². The molecule has 3 aromatic rings. The average molecular weight is 300 g/mol. The van der Waals surface area contributed by atoms with Crippen LogP contribution in [-0.2, 0) is 0 Å². The largest absolute Gasteiger partial charge is 0.213 e. The molecule has 0 N–H and O–H groups in total. The van der Waals surface area contributed by atoms with E-state index in [9.17, 15) is 0 Å². The zero-order valence-electron chi connectivity index (χ0n) is 9.49. The Hall–Kier alpha value is -1.94. The molecule has 0 spiro atoms. The van der Waals surface area contributed by atoms with Gasteiger partial charge in [-0.15, -0.1) is 5.10 Å². The minimum Gasteiger partial charge on any atom is -0.213 e. The maximum absolute atomic E-state index is 4.14. The third kappa shape index (κ3) is 2.07. The predicted molar refractivity (Wildman–Crippen MR) is 74.5 cm³/mol. The molecular weight excluding hydrogens is 290 g/mol. The topological polar surface area (TPSA) is 30.7 Å². The summed E-state index contributed by atoms with van der Waals surface area (Å²) in [4.78, 5) is 0. The summed E-state index contributed by atoms with van der Waals surface area (Å²) in [7, 11) is 0. The maximum atomic E-state index is 4.14. The molecule has 0 fully saturated rings. The molecule has 88 valence electrons. The van der Waals surface area contributed by atoms with Crippen molar-refractivity contribution >= 4 is 15.9 Å². The van der Waals surface area contributed by atoms with E-state index in [0.717, 1.165) is 21.4 Å². The molecule has 4 heteroatoms. The standard InChI is InChI=1S/C14H10BrN3/c15-12-6-8-13(9-7-12)18-14(10-16-17-18)11-4-2-1-3-5-11/h1-10H. The van der Waals surface area contributed by atoms with Gasteiger partial charge in [-0.2, -0.15) is 0 Å². The highest BCUT2D eigenvalue weighted by Crippen LogP contribution is 2.21. The summed E-state index contributed by atoms with van der Waals surface area (Å²) in [6, 6.07) is 18.1. The van der Waals surface area contributed by atoms with Crippen molar-refractivity contribution in [3.63, 3.8) is 0 Å². The number of nitrogens with zero attached hydrogens (tertiary/aromatic N) is 3. The van der Waals surface area contributed by atoms with Crippen LogP contribution in [0.5, 0.6) is 0 Å². The fourth-order valence-corrected chi connectivity index (χ4v) is 2.08. The van der Waals surface area contributed by atoms with Crippen molar-refractivity contribution in [3.05, 3.63) is 65.3 Å². The molecule has 0 saturated carbocycles. The molecule has 18 heavy (non-hydrogen) atoms. The Bertz CT molecular complexity index is 644. The minimum atomic E-state index is 0.984. The first-order valence-electron chi connectivity index (χ1n) is 5.57. The monoisotopic (exact) mass is 299 g/mol. The Morgan fingerprint density at radius 1 is 0.889 bits per heavy atom. The van der Waals surface area contributed by atoms with E-state index in [4.69, 9.17) is 0 Å². The van der Waals surface area contributed by atoms with Crippen LogP contribution >= 0.6 is 15.9 Å². The van der Waals surface area contributed by atoms with Gasteiger partial charge in [-0.05, 0) is 24.3 Å². The zero-order chi connectivity index (χ0) is 12.4. The highest BCUT2D eigenvalue weighted by Gasteiger charge is 2.07. The van der Waals surface area contributed by atoms with E-state index in [1.807, 2.05) is 59.3 Å². The molecule has 1 heterocycles. The quantitative estimate of drug-likeness (QED) is 0.722. The molecule has 0 saturated heterocycles. The molecule has 0 amide bonds. The summed E-state index contributed by atoms with van der Waals surface area (Å²) >= 11 is 3.43. The number of halogens is 1. The lowest BCUT2D eigenvalue weighted by Gasteiger charge is -2.06. The highest BCUT2D eigenvalue weighted by molar-refractivity contribution is 9.10. The van der Waals surface area contributed by atoms with Crippen molar-refractivity contribution in [2.45, 2.75) is 0 Å². The molecule has 3 rings (SSSR count). The number of hydrogen-bond donors (Lipinski definition) is 0. The maximum Gasteiger partial charge on any atom is 0.0944 e. The van der Waals surface area contributed by atoms with Crippen LogP contribution in [-0.4, -0.2) is 15.0 Å². The first-order chi connectivity index (χ1) is 8.84. The molecular formula is C14H10BrN3. The van der Waals surface area contributed by atoms with Crippen LogP contribution in [0.4, 0.5) is 0 Å². The molecule has 0 bridgehead atoms. The number of benzene rings is 2. The molecule has 3 nitrogen and oxygen atoms in total. The normalized spacial score (nSPS) is 10.5. The summed E-state index contributed by atoms with van der Waals surface area (Å²) in [5.74, 6) is 0. The van der Waals surface area contributed by atoms with Crippen LogP contribution in [0.15, 0.2) is 65.3 Å². The van der Waals surface area contributed by atoms with E-state index in [-0.39, 0.29) is 0 Å². The molecule has 0 atom stereocenters. The Balaban J connectivity index is 2.10. The lowest BCUT2D eigenvalue weighted by Crippen LogP contribution is -1.98. The van der Waals surface area contributed by atoms with Crippen molar-refractivity contribution < 1.29 is 0 Å². The Labute approximate surface area is 113 Å². The second-order valence-corrected chi connectivity index (χ2v) is 4.79. The van der Waals surface area contributed by atoms with Crippen LogP contribution in [0.1, 0.15) is 0 Å². The first-order valence-corrected chi connectivity index (χ1v) is 6.36. The third-order valence-corrected chi connectivity index (χ3v) is 3.22. The van der Waals surface area contributed by atoms with Gasteiger partial charge in [0.1, 0.15) is 0 Å². The minimum absolute atomic E-state index is 0.984. The second kappa shape index (κ2) is 4.74. The Morgan fingerprint density at radius 2 is 1.61 bits per heavy atom. The molecule has 0 aliphatic carbocycles. The van der Waals surface area contributed by atoms with Crippen molar-refractivity contribution in [1.82, 2.24) is 15.0 Å². The predicted octanol–water partition coefficient (Wildman–Crippen LogP) is 3.70. The van der Waals surface area contributed by atoms with Gasteiger partial charge in [-0.25, -0.2) is 4.68 Å². The van der Waals surface area contributed by atoms with E-state index in [0.29, 0.717) is 0 Å². The lowest BCUT2D eigenvalue weighted by atomic mass is 10.1. The molecule has 0 unspecified atom stereocenters. The van der Waals surface area contributed by atoms with Gasteiger partial charge in [0, 0.05) is 10.0 Å². The molecule has 1 aromatic heterocycles. The van der Waals surface area contributed by atoms with E-state index in [1.54, 1.807) is 6.20 Å². The van der Waals surface area contributed by atoms with Gasteiger partial charge >= 0.3 is 0 Å². The van der Waals surface area contributed by atoms with Gasteiger partial charge in [0.05, 0.1) is 17.6 Å². The van der Waals surface area contributed by atoms with Crippen molar-refractivity contribution in [2.75, 3.05) is 0 Å². The van der Waals surface area contributed by atoms with Crippen LogP contribution in [0.2, 0.25) is 0 Å². The fraction of sp³-hybridized carbons (Fsp3) is 0. The highest BCUT2D eigenvalue weighted by atomic mass is 79.9. The lowest BCUT2D eigenvalue weighted by molar-refractivity contribution is 0.808. The first kappa shape index (κ1) is 11.2. The average Bonchev–Trinajstić information content (AvgIpc) is 2.90. The smallest absolute Gasteiger partial charge is 0.0944 e.